The van der Waals surface area contributed by atoms with Crippen LogP contribution in [0.1, 0.15) is 22.3 Å². The molecule has 7 heteroatoms. The zero-order valence-corrected chi connectivity index (χ0v) is 16.4. The fraction of sp³-hybridized carbons (Fsp3) is 0.286. The topological polar surface area (TPSA) is 93.7 Å². The first-order valence-corrected chi connectivity index (χ1v) is 8.79. The molecule has 28 heavy (non-hydrogen) atoms. The zero-order chi connectivity index (χ0) is 20.7. The van der Waals surface area contributed by atoms with Gasteiger partial charge in [-0.05, 0) is 50.5 Å². The number of esters is 1. The second kappa shape index (κ2) is 9.55. The monoisotopic (exact) mass is 384 g/mol. The molecule has 0 radical (unpaired) electrons. The predicted molar refractivity (Wildman–Crippen MR) is 105 cm³/mol. The molecule has 0 aromatic heterocycles. The van der Waals surface area contributed by atoms with E-state index >= 15 is 0 Å². The standard InChI is InChI=1S/C21H24N2O5/c1-13-8-9-17(16(4)10-13)22-21(26)23-18(24)11-27-19(25)12-28-20-14(2)6-5-7-15(20)3/h5-10H,11-12H2,1-4H3,(H2,22,23,24,26). The van der Waals surface area contributed by atoms with Gasteiger partial charge in [0.1, 0.15) is 5.75 Å². The molecule has 2 aromatic carbocycles. The Balaban J connectivity index is 1.75. The van der Waals surface area contributed by atoms with Crippen LogP contribution in [0.3, 0.4) is 0 Å². The van der Waals surface area contributed by atoms with E-state index in [-0.39, 0.29) is 6.61 Å². The molecular formula is C21H24N2O5. The molecular weight excluding hydrogens is 360 g/mol. The number of amides is 3. The third-order valence-corrected chi connectivity index (χ3v) is 3.99. The number of nitrogens with one attached hydrogen (secondary N) is 2. The summed E-state index contributed by atoms with van der Waals surface area (Å²) in [6.45, 7) is 6.63. The maximum Gasteiger partial charge on any atom is 0.344 e. The van der Waals surface area contributed by atoms with Gasteiger partial charge in [0.05, 0.1) is 0 Å². The molecule has 7 nitrogen and oxygen atoms in total. The largest absolute Gasteiger partial charge is 0.481 e. The average molecular weight is 384 g/mol. The minimum absolute atomic E-state index is 0.326. The highest BCUT2D eigenvalue weighted by atomic mass is 16.6. The first kappa shape index (κ1) is 21.0. The van der Waals surface area contributed by atoms with Crippen LogP contribution in [0, 0.1) is 27.7 Å². The Labute approximate surface area is 164 Å². The van der Waals surface area contributed by atoms with Crippen molar-refractivity contribution in [2.24, 2.45) is 0 Å². The van der Waals surface area contributed by atoms with Crippen LogP contribution in [-0.4, -0.2) is 31.1 Å². The summed E-state index contributed by atoms with van der Waals surface area (Å²) in [7, 11) is 0. The van der Waals surface area contributed by atoms with Gasteiger partial charge >= 0.3 is 12.0 Å². The van der Waals surface area contributed by atoms with Crippen LogP contribution >= 0.6 is 0 Å². The fourth-order valence-electron chi connectivity index (χ4n) is 2.62. The lowest BCUT2D eigenvalue weighted by molar-refractivity contribution is -0.150. The van der Waals surface area contributed by atoms with Crippen molar-refractivity contribution in [3.8, 4) is 5.75 Å². The smallest absolute Gasteiger partial charge is 0.344 e. The molecule has 2 N–H and O–H groups in total. The van der Waals surface area contributed by atoms with E-state index in [1.54, 1.807) is 6.07 Å². The van der Waals surface area contributed by atoms with Crippen molar-refractivity contribution in [3.63, 3.8) is 0 Å². The maximum absolute atomic E-state index is 11.9. The van der Waals surface area contributed by atoms with Crippen LogP contribution in [0.4, 0.5) is 10.5 Å². The number of ether oxygens (including phenoxy) is 2. The Hall–Kier alpha value is -3.35. The summed E-state index contributed by atoms with van der Waals surface area (Å²) in [5.74, 6) is -0.827. The Bertz CT molecular complexity index is 872. The molecule has 0 aliphatic rings. The number of benzene rings is 2. The van der Waals surface area contributed by atoms with Gasteiger partial charge < -0.3 is 14.8 Å². The lowest BCUT2D eigenvalue weighted by Gasteiger charge is -2.12. The molecule has 3 amide bonds. The van der Waals surface area contributed by atoms with Gasteiger partial charge in [-0.1, -0.05) is 35.9 Å². The van der Waals surface area contributed by atoms with Crippen LogP contribution in [-0.2, 0) is 14.3 Å². The Morgan fingerprint density at radius 1 is 0.893 bits per heavy atom. The van der Waals surface area contributed by atoms with Gasteiger partial charge in [-0.25, -0.2) is 9.59 Å². The summed E-state index contributed by atoms with van der Waals surface area (Å²) >= 11 is 0. The SMILES string of the molecule is Cc1ccc(NC(=O)NC(=O)COC(=O)COc2c(C)cccc2C)c(C)c1. The van der Waals surface area contributed by atoms with Gasteiger partial charge in [0.15, 0.2) is 13.2 Å². The second-order valence-corrected chi connectivity index (χ2v) is 6.49. The first-order valence-electron chi connectivity index (χ1n) is 8.79. The molecule has 0 unspecified atom stereocenters. The average Bonchev–Trinajstić information content (AvgIpc) is 2.62. The normalized spacial score (nSPS) is 10.1. The van der Waals surface area contributed by atoms with Crippen molar-refractivity contribution in [1.82, 2.24) is 5.32 Å². The third-order valence-electron chi connectivity index (χ3n) is 3.99. The van der Waals surface area contributed by atoms with E-state index < -0.39 is 24.5 Å². The minimum atomic E-state index is -0.734. The number of carbonyl (C=O) groups is 3. The summed E-state index contributed by atoms with van der Waals surface area (Å²) in [6, 6.07) is 10.4. The van der Waals surface area contributed by atoms with Crippen LogP contribution in [0.15, 0.2) is 36.4 Å². The maximum atomic E-state index is 11.9. The molecule has 0 spiro atoms. The van der Waals surface area contributed by atoms with Gasteiger partial charge in [0.2, 0.25) is 0 Å². The number of imide groups is 1. The molecule has 0 aliphatic heterocycles. The van der Waals surface area contributed by atoms with E-state index in [0.29, 0.717) is 11.4 Å². The number of rotatable bonds is 6. The van der Waals surface area contributed by atoms with Crippen molar-refractivity contribution in [1.29, 1.82) is 0 Å². The highest BCUT2D eigenvalue weighted by molar-refractivity contribution is 6.02. The van der Waals surface area contributed by atoms with Gasteiger partial charge in [0, 0.05) is 5.69 Å². The molecule has 0 aliphatic carbocycles. The minimum Gasteiger partial charge on any atom is -0.481 e. The lowest BCUT2D eigenvalue weighted by atomic mass is 10.1. The van der Waals surface area contributed by atoms with Crippen LogP contribution in [0.5, 0.6) is 5.75 Å². The molecule has 0 bridgehead atoms. The third kappa shape index (κ3) is 6.12. The number of carbonyl (C=O) groups excluding carboxylic acids is 3. The van der Waals surface area contributed by atoms with E-state index in [0.717, 1.165) is 22.3 Å². The van der Waals surface area contributed by atoms with Crippen molar-refractivity contribution >= 4 is 23.6 Å². The molecule has 0 fully saturated rings. The van der Waals surface area contributed by atoms with Crippen molar-refractivity contribution in [3.05, 3.63) is 58.7 Å². The van der Waals surface area contributed by atoms with Gasteiger partial charge in [-0.3, -0.25) is 10.1 Å². The van der Waals surface area contributed by atoms with Crippen molar-refractivity contribution in [2.75, 3.05) is 18.5 Å². The molecule has 2 rings (SSSR count). The Morgan fingerprint density at radius 3 is 2.21 bits per heavy atom. The lowest BCUT2D eigenvalue weighted by Crippen LogP contribution is -2.37. The van der Waals surface area contributed by atoms with Crippen molar-refractivity contribution in [2.45, 2.75) is 27.7 Å². The fourth-order valence-corrected chi connectivity index (χ4v) is 2.62. The number of aryl methyl sites for hydroxylation is 4. The van der Waals surface area contributed by atoms with Crippen LogP contribution in [0.2, 0.25) is 0 Å². The van der Waals surface area contributed by atoms with E-state index in [4.69, 9.17) is 9.47 Å². The number of hydrogen-bond donors (Lipinski definition) is 2. The quantitative estimate of drug-likeness (QED) is 0.746. The number of anilines is 1. The van der Waals surface area contributed by atoms with E-state index in [9.17, 15) is 14.4 Å². The Kier molecular flexibility index (Phi) is 7.14. The first-order chi connectivity index (χ1) is 13.3. The molecule has 148 valence electrons. The van der Waals surface area contributed by atoms with E-state index in [1.165, 1.54) is 0 Å². The Morgan fingerprint density at radius 2 is 1.57 bits per heavy atom. The summed E-state index contributed by atoms with van der Waals surface area (Å²) in [5, 5.41) is 4.69. The van der Waals surface area contributed by atoms with Gasteiger partial charge in [0.25, 0.3) is 5.91 Å². The summed E-state index contributed by atoms with van der Waals surface area (Å²) in [6.07, 6.45) is 0. The molecule has 0 heterocycles. The number of urea groups is 1. The predicted octanol–water partition coefficient (Wildman–Crippen LogP) is 3.19. The second-order valence-electron chi connectivity index (χ2n) is 6.49. The van der Waals surface area contributed by atoms with E-state index in [1.807, 2.05) is 58.0 Å². The van der Waals surface area contributed by atoms with Crippen molar-refractivity contribution < 1.29 is 23.9 Å². The van der Waals surface area contributed by atoms with Crippen LogP contribution < -0.4 is 15.4 Å². The number of hydrogen-bond acceptors (Lipinski definition) is 5. The highest BCUT2D eigenvalue weighted by Gasteiger charge is 2.13. The van der Waals surface area contributed by atoms with E-state index in [2.05, 4.69) is 10.6 Å². The summed E-state index contributed by atoms with van der Waals surface area (Å²) in [4.78, 5) is 35.4. The van der Waals surface area contributed by atoms with Gasteiger partial charge in [-0.2, -0.15) is 0 Å². The van der Waals surface area contributed by atoms with Gasteiger partial charge in [-0.15, -0.1) is 0 Å². The summed E-state index contributed by atoms with van der Waals surface area (Å²) < 4.78 is 10.3. The molecule has 2 aromatic rings. The van der Waals surface area contributed by atoms with Crippen LogP contribution in [0.25, 0.3) is 0 Å². The summed E-state index contributed by atoms with van der Waals surface area (Å²) in [5.41, 5.74) is 4.32. The molecule has 0 saturated carbocycles. The molecule has 0 atom stereocenters. The molecule has 0 saturated heterocycles. The zero-order valence-electron chi connectivity index (χ0n) is 16.4. The highest BCUT2D eigenvalue weighted by Crippen LogP contribution is 2.22. The number of para-hydroxylation sites is 1.